The normalized spacial score (nSPS) is 9.70. The van der Waals surface area contributed by atoms with E-state index >= 15 is 0 Å². The topological polar surface area (TPSA) is 87.9 Å². The highest BCUT2D eigenvalue weighted by Gasteiger charge is 1.97. The van der Waals surface area contributed by atoms with E-state index in [1.54, 1.807) is 0 Å². The minimum atomic E-state index is -0.299. The molecule has 0 radical (unpaired) electrons. The number of nitrogens with zero attached hydrogens (tertiary/aromatic N) is 2. The van der Waals surface area contributed by atoms with Gasteiger partial charge in [-0.3, -0.25) is 5.41 Å². The first-order valence-corrected chi connectivity index (χ1v) is 3.19. The van der Waals surface area contributed by atoms with Crippen LogP contribution in [0.3, 0.4) is 0 Å². The molecule has 0 bridgehead atoms. The molecule has 10 heavy (non-hydrogen) atoms. The molecule has 0 saturated heterocycles. The molecule has 6 heteroatoms. The number of anilines is 1. The van der Waals surface area contributed by atoms with Crippen molar-refractivity contribution in [2.24, 2.45) is 0 Å². The van der Waals surface area contributed by atoms with Crippen LogP contribution in [0.1, 0.15) is 0 Å². The number of hydrogen-bond acceptors (Lipinski definition) is 4. The molecule has 1 heterocycles. The van der Waals surface area contributed by atoms with Gasteiger partial charge in [-0.15, -0.1) is 4.73 Å². The fourth-order valence-electron chi connectivity index (χ4n) is 0.486. The molecule has 5 nitrogen and oxygen atoms in total. The van der Waals surface area contributed by atoms with Crippen molar-refractivity contribution in [2.45, 2.75) is 0 Å². The zero-order chi connectivity index (χ0) is 7.72. The van der Waals surface area contributed by atoms with Crippen LogP contribution in [0.2, 0.25) is 0 Å². The van der Waals surface area contributed by atoms with E-state index in [4.69, 9.17) is 16.4 Å². The van der Waals surface area contributed by atoms with Crippen LogP contribution < -0.4 is 11.4 Å². The minimum absolute atomic E-state index is 0.0758. The van der Waals surface area contributed by atoms with E-state index in [9.17, 15) is 0 Å². The van der Waals surface area contributed by atoms with Crippen LogP contribution in [0.5, 0.6) is 0 Å². The van der Waals surface area contributed by atoms with Gasteiger partial charge in [0.15, 0.2) is 0 Å². The Kier molecular flexibility index (Phi) is 1.62. The Bertz CT molecular complexity index is 307. The minimum Gasteiger partial charge on any atom is -0.423 e. The smallest absolute Gasteiger partial charge is 0.258 e. The predicted octanol–water partition coefficient (Wildman–Crippen LogP) is -0.0554. The Morgan fingerprint density at radius 2 is 2.40 bits per heavy atom. The molecule has 0 unspecified atom stereocenters. The SMILES string of the molecule is N=c1nc(Br)cc(N)n1O. The quantitative estimate of drug-likeness (QED) is 0.409. The predicted molar refractivity (Wildman–Crippen MR) is 37.4 cm³/mol. The molecule has 4 N–H and O–H groups in total. The van der Waals surface area contributed by atoms with Gasteiger partial charge < -0.3 is 10.9 Å². The molecule has 0 saturated carbocycles. The number of nitrogens with two attached hydrogens (primary N) is 1. The van der Waals surface area contributed by atoms with E-state index in [0.29, 0.717) is 9.33 Å². The van der Waals surface area contributed by atoms with Crippen molar-refractivity contribution < 1.29 is 5.21 Å². The Labute approximate surface area is 64.7 Å². The van der Waals surface area contributed by atoms with Gasteiger partial charge in [0.25, 0.3) is 5.62 Å². The summed E-state index contributed by atoms with van der Waals surface area (Å²) in [6.45, 7) is 0. The highest BCUT2D eigenvalue weighted by atomic mass is 79.9. The molecule has 54 valence electrons. The maximum Gasteiger partial charge on any atom is 0.258 e. The van der Waals surface area contributed by atoms with Crippen LogP contribution in [0, 0.1) is 5.41 Å². The van der Waals surface area contributed by atoms with Crippen molar-refractivity contribution in [2.75, 3.05) is 5.73 Å². The summed E-state index contributed by atoms with van der Waals surface area (Å²) in [7, 11) is 0. The second-order valence-corrected chi connectivity index (χ2v) is 2.45. The molecule has 0 aliphatic heterocycles. The number of halogens is 1. The third-order valence-electron chi connectivity index (χ3n) is 0.925. The van der Waals surface area contributed by atoms with Crippen LogP contribution in [0.4, 0.5) is 5.82 Å². The van der Waals surface area contributed by atoms with E-state index in [0.717, 1.165) is 0 Å². The van der Waals surface area contributed by atoms with Crippen LogP contribution in [-0.4, -0.2) is 14.9 Å². The third kappa shape index (κ3) is 1.10. The fraction of sp³-hybridized carbons (Fsp3) is 0. The van der Waals surface area contributed by atoms with E-state index < -0.39 is 0 Å². The summed E-state index contributed by atoms with van der Waals surface area (Å²) in [6.07, 6.45) is 0. The molecule has 1 rings (SSSR count). The molecular weight excluding hydrogens is 200 g/mol. The summed E-state index contributed by atoms with van der Waals surface area (Å²) >= 11 is 3.01. The molecule has 0 fully saturated rings. The zero-order valence-electron chi connectivity index (χ0n) is 4.87. The summed E-state index contributed by atoms with van der Waals surface area (Å²) in [6, 6.07) is 1.40. The van der Waals surface area contributed by atoms with Gasteiger partial charge in [-0.05, 0) is 15.9 Å². The number of rotatable bonds is 0. The standard InChI is InChI=1S/C4H5BrN4O/c5-2-1-3(6)9(10)4(7)8-2/h1,7,10H,6H2. The first kappa shape index (κ1) is 7.07. The van der Waals surface area contributed by atoms with E-state index in [2.05, 4.69) is 20.9 Å². The molecule has 0 aliphatic rings. The van der Waals surface area contributed by atoms with Crippen LogP contribution in [-0.2, 0) is 0 Å². The van der Waals surface area contributed by atoms with Gasteiger partial charge in [0.1, 0.15) is 10.4 Å². The number of nitrogen functional groups attached to an aromatic ring is 1. The van der Waals surface area contributed by atoms with Crippen molar-refractivity contribution in [3.8, 4) is 0 Å². The third-order valence-corrected chi connectivity index (χ3v) is 1.33. The van der Waals surface area contributed by atoms with Crippen LogP contribution >= 0.6 is 15.9 Å². The molecular formula is C4H5BrN4O. The van der Waals surface area contributed by atoms with E-state index in [1.807, 2.05) is 0 Å². The van der Waals surface area contributed by atoms with Gasteiger partial charge in [0.2, 0.25) is 0 Å². The molecule has 1 aromatic heterocycles. The lowest BCUT2D eigenvalue weighted by Crippen LogP contribution is -2.23. The highest BCUT2D eigenvalue weighted by molar-refractivity contribution is 9.10. The highest BCUT2D eigenvalue weighted by Crippen LogP contribution is 2.04. The van der Waals surface area contributed by atoms with Gasteiger partial charge >= 0.3 is 0 Å². The van der Waals surface area contributed by atoms with E-state index in [-0.39, 0.29) is 11.4 Å². The van der Waals surface area contributed by atoms with Crippen LogP contribution in [0.15, 0.2) is 10.7 Å². The van der Waals surface area contributed by atoms with Crippen molar-refractivity contribution in [1.82, 2.24) is 9.71 Å². The zero-order valence-corrected chi connectivity index (χ0v) is 6.46. The summed E-state index contributed by atoms with van der Waals surface area (Å²) in [5.74, 6) is 0.0758. The average Bonchev–Trinajstić information content (AvgIpc) is 1.82. The Morgan fingerprint density at radius 3 is 2.90 bits per heavy atom. The van der Waals surface area contributed by atoms with Gasteiger partial charge in [-0.2, -0.15) is 0 Å². The first-order chi connectivity index (χ1) is 4.61. The van der Waals surface area contributed by atoms with Gasteiger partial charge in [0.05, 0.1) is 0 Å². The summed E-state index contributed by atoms with van der Waals surface area (Å²) in [5.41, 5.74) is 4.95. The molecule has 0 aromatic carbocycles. The Hall–Kier alpha value is -1.04. The molecule has 1 aromatic rings. The Balaban J connectivity index is 3.46. The second-order valence-electron chi connectivity index (χ2n) is 1.64. The van der Waals surface area contributed by atoms with Crippen molar-refractivity contribution in [3.63, 3.8) is 0 Å². The van der Waals surface area contributed by atoms with Gasteiger partial charge in [-0.25, -0.2) is 4.98 Å². The summed E-state index contributed by atoms with van der Waals surface area (Å²) in [5, 5.41) is 15.8. The second kappa shape index (κ2) is 2.30. The van der Waals surface area contributed by atoms with E-state index in [1.165, 1.54) is 6.07 Å². The van der Waals surface area contributed by atoms with Gasteiger partial charge in [0, 0.05) is 6.07 Å². The number of nitrogens with one attached hydrogen (secondary N) is 1. The summed E-state index contributed by atoms with van der Waals surface area (Å²) < 4.78 is 0.922. The molecule has 0 spiro atoms. The maximum absolute atomic E-state index is 8.85. The molecule has 0 amide bonds. The maximum atomic E-state index is 8.85. The van der Waals surface area contributed by atoms with Crippen molar-refractivity contribution in [3.05, 3.63) is 16.3 Å². The fourth-order valence-corrected chi connectivity index (χ4v) is 0.889. The lowest BCUT2D eigenvalue weighted by atomic mass is 10.6. The lowest BCUT2D eigenvalue weighted by molar-refractivity contribution is 0.171. The average molecular weight is 205 g/mol. The molecule has 0 atom stereocenters. The number of hydrogen-bond donors (Lipinski definition) is 3. The largest absolute Gasteiger partial charge is 0.423 e. The number of aromatic nitrogens is 2. The monoisotopic (exact) mass is 204 g/mol. The van der Waals surface area contributed by atoms with Crippen LogP contribution in [0.25, 0.3) is 0 Å². The van der Waals surface area contributed by atoms with Crippen molar-refractivity contribution in [1.29, 1.82) is 5.41 Å². The first-order valence-electron chi connectivity index (χ1n) is 2.40. The van der Waals surface area contributed by atoms with Gasteiger partial charge in [-0.1, -0.05) is 0 Å². The summed E-state index contributed by atoms with van der Waals surface area (Å²) in [4.78, 5) is 3.55. The molecule has 0 aliphatic carbocycles. The Morgan fingerprint density at radius 1 is 1.80 bits per heavy atom. The van der Waals surface area contributed by atoms with Crippen molar-refractivity contribution >= 4 is 21.7 Å². The lowest BCUT2D eigenvalue weighted by Gasteiger charge is -1.99.